The number of amides is 2. The van der Waals surface area contributed by atoms with Crippen molar-refractivity contribution in [1.82, 2.24) is 19.8 Å². The van der Waals surface area contributed by atoms with E-state index in [1.54, 1.807) is 11.8 Å². The van der Waals surface area contributed by atoms with Gasteiger partial charge in [-0.1, -0.05) is 30.3 Å². The van der Waals surface area contributed by atoms with Crippen LogP contribution in [-0.2, 0) is 11.2 Å². The highest BCUT2D eigenvalue weighted by Gasteiger charge is 2.30. The van der Waals surface area contributed by atoms with Crippen LogP contribution >= 0.6 is 0 Å². The highest BCUT2D eigenvalue weighted by molar-refractivity contribution is 5.95. The van der Waals surface area contributed by atoms with Crippen LogP contribution in [0.25, 0.3) is 0 Å². The standard InChI is InChI=1S/C19H22N4O3/c1-14-9-21-17(10-20-14)19(26)23-12-16(24)11-22(18(25)13-23)8-7-15-5-3-2-4-6-15/h2-6,9-10,16,24H,7-8,11-13H2,1H3. The summed E-state index contributed by atoms with van der Waals surface area (Å²) in [5, 5.41) is 10.3. The van der Waals surface area contributed by atoms with E-state index < -0.39 is 12.0 Å². The van der Waals surface area contributed by atoms with Crippen molar-refractivity contribution in [3.63, 3.8) is 0 Å². The van der Waals surface area contributed by atoms with Crippen molar-refractivity contribution in [3.8, 4) is 0 Å². The molecule has 1 atom stereocenters. The Morgan fingerprint density at radius 1 is 1.19 bits per heavy atom. The lowest BCUT2D eigenvalue weighted by molar-refractivity contribution is -0.131. The molecule has 2 aromatic rings. The van der Waals surface area contributed by atoms with Gasteiger partial charge in [0.05, 0.1) is 18.0 Å². The van der Waals surface area contributed by atoms with E-state index in [1.165, 1.54) is 17.3 Å². The van der Waals surface area contributed by atoms with Crippen LogP contribution in [0.15, 0.2) is 42.7 Å². The molecule has 0 aliphatic carbocycles. The van der Waals surface area contributed by atoms with E-state index in [-0.39, 0.29) is 31.2 Å². The van der Waals surface area contributed by atoms with Gasteiger partial charge in [-0.05, 0) is 18.9 Å². The number of aliphatic hydroxyl groups is 1. The zero-order valence-corrected chi connectivity index (χ0v) is 14.7. The molecule has 0 spiro atoms. The second-order valence-electron chi connectivity index (χ2n) is 6.46. The molecule has 1 aromatic heterocycles. The first-order valence-corrected chi connectivity index (χ1v) is 8.60. The molecular formula is C19H22N4O3. The minimum atomic E-state index is -0.792. The lowest BCUT2D eigenvalue weighted by Gasteiger charge is -2.21. The first-order chi connectivity index (χ1) is 12.5. The van der Waals surface area contributed by atoms with Crippen molar-refractivity contribution < 1.29 is 14.7 Å². The average Bonchev–Trinajstić information content (AvgIpc) is 2.79. The van der Waals surface area contributed by atoms with E-state index in [0.29, 0.717) is 18.7 Å². The third kappa shape index (κ3) is 4.43. The zero-order chi connectivity index (χ0) is 18.5. The van der Waals surface area contributed by atoms with Crippen LogP contribution in [0.5, 0.6) is 0 Å². The molecule has 7 heteroatoms. The maximum Gasteiger partial charge on any atom is 0.274 e. The third-order valence-corrected chi connectivity index (χ3v) is 4.34. The summed E-state index contributed by atoms with van der Waals surface area (Å²) in [5.41, 5.74) is 2.01. The Morgan fingerprint density at radius 2 is 1.96 bits per heavy atom. The van der Waals surface area contributed by atoms with Gasteiger partial charge < -0.3 is 14.9 Å². The molecule has 0 bridgehead atoms. The van der Waals surface area contributed by atoms with Gasteiger partial charge in [0.1, 0.15) is 12.2 Å². The minimum Gasteiger partial charge on any atom is -0.389 e. The second-order valence-corrected chi connectivity index (χ2v) is 6.46. The van der Waals surface area contributed by atoms with E-state index in [2.05, 4.69) is 9.97 Å². The smallest absolute Gasteiger partial charge is 0.274 e. The van der Waals surface area contributed by atoms with Crippen molar-refractivity contribution in [2.24, 2.45) is 0 Å². The number of carbonyl (C=O) groups is 2. The Balaban J connectivity index is 1.66. The fraction of sp³-hybridized carbons (Fsp3) is 0.368. The average molecular weight is 354 g/mol. The van der Waals surface area contributed by atoms with Crippen LogP contribution in [0.4, 0.5) is 0 Å². The second kappa shape index (κ2) is 8.05. The Kier molecular flexibility index (Phi) is 5.58. The topological polar surface area (TPSA) is 86.6 Å². The summed E-state index contributed by atoms with van der Waals surface area (Å²) >= 11 is 0. The molecule has 3 rings (SSSR count). The molecule has 1 fully saturated rings. The number of aliphatic hydroxyl groups excluding tert-OH is 1. The summed E-state index contributed by atoms with van der Waals surface area (Å²) in [6.45, 7) is 2.54. The number of hydrogen-bond donors (Lipinski definition) is 1. The van der Waals surface area contributed by atoms with E-state index >= 15 is 0 Å². The van der Waals surface area contributed by atoms with Crippen LogP contribution in [-0.4, -0.2) is 69.0 Å². The van der Waals surface area contributed by atoms with Gasteiger partial charge in [0.2, 0.25) is 5.91 Å². The zero-order valence-electron chi connectivity index (χ0n) is 14.7. The SMILES string of the molecule is Cc1cnc(C(=O)N2CC(=O)N(CCc3ccccc3)CC(O)C2)cn1. The number of benzene rings is 1. The summed E-state index contributed by atoms with van der Waals surface area (Å²) in [6, 6.07) is 9.87. The minimum absolute atomic E-state index is 0.0692. The lowest BCUT2D eigenvalue weighted by atomic mass is 10.1. The van der Waals surface area contributed by atoms with Crippen molar-refractivity contribution in [3.05, 3.63) is 59.7 Å². The fourth-order valence-electron chi connectivity index (χ4n) is 2.94. The van der Waals surface area contributed by atoms with Gasteiger partial charge in [-0.25, -0.2) is 4.98 Å². The van der Waals surface area contributed by atoms with Crippen LogP contribution < -0.4 is 0 Å². The van der Waals surface area contributed by atoms with Gasteiger partial charge in [0, 0.05) is 25.8 Å². The van der Waals surface area contributed by atoms with Crippen molar-refractivity contribution in [2.75, 3.05) is 26.2 Å². The number of hydrogen-bond acceptors (Lipinski definition) is 5. The maximum absolute atomic E-state index is 12.6. The monoisotopic (exact) mass is 354 g/mol. The Labute approximate surface area is 152 Å². The summed E-state index contributed by atoms with van der Waals surface area (Å²) in [5.74, 6) is -0.569. The number of rotatable bonds is 4. The van der Waals surface area contributed by atoms with Gasteiger partial charge in [0.25, 0.3) is 5.91 Å². The Bertz CT molecular complexity index is 764. The van der Waals surface area contributed by atoms with Crippen LogP contribution in [0, 0.1) is 6.92 Å². The Hall–Kier alpha value is -2.80. The van der Waals surface area contributed by atoms with Gasteiger partial charge >= 0.3 is 0 Å². The van der Waals surface area contributed by atoms with Crippen LogP contribution in [0.1, 0.15) is 21.7 Å². The Morgan fingerprint density at radius 3 is 2.65 bits per heavy atom. The molecule has 2 amide bonds. The van der Waals surface area contributed by atoms with Gasteiger partial charge in [-0.2, -0.15) is 0 Å². The van der Waals surface area contributed by atoms with Crippen LogP contribution in [0.2, 0.25) is 0 Å². The van der Waals surface area contributed by atoms with Crippen molar-refractivity contribution in [2.45, 2.75) is 19.4 Å². The predicted octanol–water partition coefficient (Wildman–Crippen LogP) is 0.673. The largest absolute Gasteiger partial charge is 0.389 e. The van der Waals surface area contributed by atoms with E-state index in [4.69, 9.17) is 0 Å². The molecule has 1 aliphatic heterocycles. The molecule has 26 heavy (non-hydrogen) atoms. The summed E-state index contributed by atoms with van der Waals surface area (Å²) in [7, 11) is 0. The molecule has 7 nitrogen and oxygen atoms in total. The van der Waals surface area contributed by atoms with E-state index in [0.717, 1.165) is 5.56 Å². The number of nitrogens with zero attached hydrogens (tertiary/aromatic N) is 4. The van der Waals surface area contributed by atoms with Crippen molar-refractivity contribution in [1.29, 1.82) is 0 Å². The number of β-amino-alcohol motifs (C(OH)–C–C–N with tert-alkyl or cyclic N) is 1. The first-order valence-electron chi connectivity index (χ1n) is 8.60. The highest BCUT2D eigenvalue weighted by Crippen LogP contribution is 2.10. The fourth-order valence-corrected chi connectivity index (χ4v) is 2.94. The first kappa shape index (κ1) is 18.0. The van der Waals surface area contributed by atoms with E-state index in [9.17, 15) is 14.7 Å². The predicted molar refractivity (Wildman–Crippen MR) is 95.4 cm³/mol. The van der Waals surface area contributed by atoms with Gasteiger partial charge in [0.15, 0.2) is 0 Å². The number of carbonyl (C=O) groups excluding carboxylic acids is 2. The number of aryl methyl sites for hydroxylation is 1. The lowest BCUT2D eigenvalue weighted by Crippen LogP contribution is -2.40. The summed E-state index contributed by atoms with van der Waals surface area (Å²) in [6.07, 6.45) is 2.82. The molecule has 1 aromatic carbocycles. The molecule has 0 radical (unpaired) electrons. The van der Waals surface area contributed by atoms with Crippen LogP contribution in [0.3, 0.4) is 0 Å². The summed E-state index contributed by atoms with van der Waals surface area (Å²) < 4.78 is 0. The third-order valence-electron chi connectivity index (χ3n) is 4.34. The normalized spacial score (nSPS) is 17.9. The molecule has 0 saturated carbocycles. The molecule has 136 valence electrons. The molecule has 1 saturated heterocycles. The summed E-state index contributed by atoms with van der Waals surface area (Å²) in [4.78, 5) is 36.2. The highest BCUT2D eigenvalue weighted by atomic mass is 16.3. The molecular weight excluding hydrogens is 332 g/mol. The molecule has 1 N–H and O–H groups in total. The maximum atomic E-state index is 12.6. The molecule has 1 unspecified atom stereocenters. The molecule has 2 heterocycles. The van der Waals surface area contributed by atoms with Crippen molar-refractivity contribution >= 4 is 11.8 Å². The molecule has 1 aliphatic rings. The van der Waals surface area contributed by atoms with E-state index in [1.807, 2.05) is 30.3 Å². The van der Waals surface area contributed by atoms with Gasteiger partial charge in [-0.15, -0.1) is 0 Å². The van der Waals surface area contributed by atoms with Gasteiger partial charge in [-0.3, -0.25) is 14.6 Å². The quantitative estimate of drug-likeness (QED) is 0.872. The number of aromatic nitrogens is 2.